The van der Waals surface area contributed by atoms with E-state index in [9.17, 15) is 21.6 Å². The molecule has 2 heterocycles. The van der Waals surface area contributed by atoms with Gasteiger partial charge in [0.1, 0.15) is 11.0 Å². The summed E-state index contributed by atoms with van der Waals surface area (Å²) in [5.74, 6) is 5.50. The van der Waals surface area contributed by atoms with Crippen molar-refractivity contribution in [3.63, 3.8) is 0 Å². The van der Waals surface area contributed by atoms with E-state index in [-0.39, 0.29) is 45.5 Å². The number of benzene rings is 3. The first kappa shape index (κ1) is 32.4. The number of fused-ring (bicyclic) bond motifs is 2. The summed E-state index contributed by atoms with van der Waals surface area (Å²) >= 11 is 6.04. The number of nitrogens with zero attached hydrogens (tertiary/aromatic N) is 2. The fraction of sp³-hybridized carbons (Fsp3) is 0.148. The zero-order valence-corrected chi connectivity index (χ0v) is 25.8. The molecule has 2 aromatic heterocycles. The van der Waals surface area contributed by atoms with Crippen molar-refractivity contribution < 1.29 is 35.2 Å². The average molecular weight is 681 g/mol. The van der Waals surface area contributed by atoms with E-state index in [2.05, 4.69) is 31.3 Å². The van der Waals surface area contributed by atoms with Gasteiger partial charge in [-0.25, -0.2) is 16.8 Å². The summed E-state index contributed by atoms with van der Waals surface area (Å²) in [4.78, 5) is 18.8. The van der Waals surface area contributed by atoms with Gasteiger partial charge >= 0.3 is 5.97 Å². The number of nitrogen functional groups attached to an aromatic ring is 2. The van der Waals surface area contributed by atoms with Crippen LogP contribution in [0.4, 0.5) is 17.7 Å². The van der Waals surface area contributed by atoms with Crippen molar-refractivity contribution in [2.75, 3.05) is 23.3 Å². The van der Waals surface area contributed by atoms with Crippen LogP contribution in [0.15, 0.2) is 73.2 Å². The fourth-order valence-corrected chi connectivity index (χ4v) is 5.69. The molecule has 0 amide bonds. The summed E-state index contributed by atoms with van der Waals surface area (Å²) in [6.45, 7) is 0. The number of nitrogens with one attached hydrogen (secondary N) is 1. The Morgan fingerprint density at radius 3 is 2.11 bits per heavy atom. The molecule has 0 aliphatic carbocycles. The zero-order chi connectivity index (χ0) is 32.1. The van der Waals surface area contributed by atoms with Crippen LogP contribution in [0.3, 0.4) is 0 Å². The van der Waals surface area contributed by atoms with Gasteiger partial charge < -0.3 is 25.0 Å². The molecule has 5 aromatic rings. The Morgan fingerprint density at radius 1 is 0.932 bits per heavy atom. The third-order valence-corrected chi connectivity index (χ3v) is 8.65. The molecule has 0 radical (unpaired) electrons. The smallest absolute Gasteiger partial charge is 0.305 e. The average Bonchev–Trinajstić information content (AvgIpc) is 3.53. The molecule has 0 atom stereocenters. The quantitative estimate of drug-likeness (QED) is 0.0907. The highest BCUT2D eigenvalue weighted by atomic mass is 35.7. The van der Waals surface area contributed by atoms with Crippen molar-refractivity contribution in [2.45, 2.75) is 29.1 Å². The number of halogens is 2. The highest BCUT2D eigenvalue weighted by Gasteiger charge is 2.18. The van der Waals surface area contributed by atoms with Crippen molar-refractivity contribution in [3.05, 3.63) is 65.2 Å². The molecule has 5 N–H and O–H groups in total. The summed E-state index contributed by atoms with van der Waals surface area (Å²) in [5.41, 5.74) is 13.0. The van der Waals surface area contributed by atoms with Gasteiger partial charge in [-0.2, -0.15) is 9.97 Å². The molecule has 0 aliphatic rings. The highest BCUT2D eigenvalue weighted by Crippen LogP contribution is 2.26. The molecule has 17 heteroatoms. The zero-order valence-electron chi connectivity index (χ0n) is 22.7. The maximum atomic E-state index is 12.8. The van der Waals surface area contributed by atoms with Crippen LogP contribution in [-0.4, -0.2) is 39.9 Å². The predicted octanol–water partition coefficient (Wildman–Crippen LogP) is 4.90. The molecule has 0 saturated heterocycles. The number of carbonyl (C=O) groups excluding carboxylic acids is 1. The topological polar surface area (TPSA) is 211 Å². The summed E-state index contributed by atoms with van der Waals surface area (Å²) in [5, 5.41) is 0.412. The second kappa shape index (κ2) is 13.4. The van der Waals surface area contributed by atoms with Gasteiger partial charge in [-0.1, -0.05) is 23.4 Å². The van der Waals surface area contributed by atoms with E-state index in [1.165, 1.54) is 49.6 Å². The van der Waals surface area contributed by atoms with Gasteiger partial charge in [0.05, 0.1) is 28.2 Å². The number of methoxy groups -OCH3 is 1. The van der Waals surface area contributed by atoms with Crippen LogP contribution in [0, 0.1) is 11.8 Å². The number of oxazole rings is 2. The molecule has 5 rings (SSSR count). The van der Waals surface area contributed by atoms with Gasteiger partial charge in [-0.3, -0.25) is 9.52 Å². The molecule has 44 heavy (non-hydrogen) atoms. The fourth-order valence-electron chi connectivity index (χ4n) is 3.66. The van der Waals surface area contributed by atoms with E-state index >= 15 is 0 Å². The number of anilines is 3. The maximum absolute atomic E-state index is 12.8. The van der Waals surface area contributed by atoms with E-state index in [0.717, 1.165) is 0 Å². The molecule has 3 aromatic carbocycles. The molecule has 0 fully saturated rings. The number of unbranched alkanes of at least 4 members (excludes halogenated alkanes) is 1. The van der Waals surface area contributed by atoms with Gasteiger partial charge in [0.2, 0.25) is 0 Å². The largest absolute Gasteiger partial charge is 0.469 e. The molecule has 230 valence electrons. The first-order valence-electron chi connectivity index (χ1n) is 12.4. The van der Waals surface area contributed by atoms with Gasteiger partial charge in [-0.05, 0) is 48.9 Å². The number of aromatic nitrogens is 2. The van der Waals surface area contributed by atoms with Gasteiger partial charge in [0.25, 0.3) is 31.1 Å². The number of nitrogens with two attached hydrogens (primary N) is 2. The van der Waals surface area contributed by atoms with E-state index in [4.69, 9.17) is 42.6 Å². The second-order valence-electron chi connectivity index (χ2n) is 8.83. The van der Waals surface area contributed by atoms with Crippen molar-refractivity contribution in [1.29, 1.82) is 0 Å². The van der Waals surface area contributed by atoms with Gasteiger partial charge in [0.15, 0.2) is 11.2 Å². The van der Waals surface area contributed by atoms with Crippen LogP contribution < -0.4 is 16.2 Å². The molecular weight excluding hydrogens is 657 g/mol. The van der Waals surface area contributed by atoms with Crippen LogP contribution in [-0.2, 0) is 28.6 Å². The van der Waals surface area contributed by atoms with E-state index in [1.807, 2.05) is 0 Å². The lowest BCUT2D eigenvalue weighted by Crippen LogP contribution is -2.13. The van der Waals surface area contributed by atoms with E-state index in [0.29, 0.717) is 40.0 Å². The predicted molar refractivity (Wildman–Crippen MR) is 165 cm³/mol. The number of ether oxygens (including phenoxy) is 1. The lowest BCUT2D eigenvalue weighted by molar-refractivity contribution is -0.140. The number of carbonyl (C=O) groups is 1. The van der Waals surface area contributed by atoms with E-state index < -0.39 is 19.1 Å². The molecule has 0 spiro atoms. The lowest BCUT2D eigenvalue weighted by Gasteiger charge is -2.10. The molecular formula is C27H23Cl2N5O8S2. The molecule has 13 nitrogen and oxygen atoms in total. The maximum Gasteiger partial charge on any atom is 0.305 e. The number of sulfonamides is 1. The molecule has 0 aliphatic heterocycles. The number of rotatable bonds is 7. The van der Waals surface area contributed by atoms with Gasteiger partial charge in [0, 0.05) is 40.7 Å². The highest BCUT2D eigenvalue weighted by molar-refractivity contribution is 8.13. The number of hydrogen-bond donors (Lipinski definition) is 3. The third-order valence-electron chi connectivity index (χ3n) is 5.70. The summed E-state index contributed by atoms with van der Waals surface area (Å²) < 4.78 is 64.8. The third kappa shape index (κ3) is 8.32. The Morgan fingerprint density at radius 2 is 1.52 bits per heavy atom. The van der Waals surface area contributed by atoms with Crippen LogP contribution in [0.5, 0.6) is 0 Å². The van der Waals surface area contributed by atoms with Crippen LogP contribution in [0.25, 0.3) is 22.2 Å². The Hall–Kier alpha value is -4.49. The molecule has 0 saturated carbocycles. The van der Waals surface area contributed by atoms with Crippen molar-refractivity contribution in [3.8, 4) is 11.8 Å². The Balaban J connectivity index is 0.000000262. The molecule has 0 bridgehead atoms. The van der Waals surface area contributed by atoms with Crippen LogP contribution in [0.1, 0.15) is 24.8 Å². The minimum Gasteiger partial charge on any atom is -0.469 e. The summed E-state index contributed by atoms with van der Waals surface area (Å²) in [6, 6.07) is 12.9. The first-order valence-corrected chi connectivity index (χ1v) is 16.6. The first-order chi connectivity index (χ1) is 20.7. The lowest BCUT2D eigenvalue weighted by atomic mass is 10.1. The van der Waals surface area contributed by atoms with E-state index in [1.54, 1.807) is 12.1 Å². The van der Waals surface area contributed by atoms with Crippen molar-refractivity contribution in [2.24, 2.45) is 0 Å². The van der Waals surface area contributed by atoms with Crippen LogP contribution >= 0.6 is 22.3 Å². The summed E-state index contributed by atoms with van der Waals surface area (Å²) in [7, 11) is -1.20. The second-order valence-corrected chi connectivity index (χ2v) is 13.5. The van der Waals surface area contributed by atoms with Crippen molar-refractivity contribution >= 4 is 87.2 Å². The standard InChI is InChI=1S/C20H18ClN3O5S.C7H5ClN2O3S/c1-28-19(25)6-4-2-3-5-13-11-14(21)7-9-16(13)24-30(26,27)15-8-10-17-18(12-15)29-20(22)23-17;8-14(11,12)4-1-2-5-6(3-4)13-7(9)10-5/h7-12,24H,2,4,6H2,1H3,(H2,22,23);1-3H,(H2,9,10). The van der Waals surface area contributed by atoms with Crippen molar-refractivity contribution in [1.82, 2.24) is 9.97 Å². The monoisotopic (exact) mass is 679 g/mol. The minimum absolute atomic E-state index is 0.0101. The van der Waals surface area contributed by atoms with Crippen LogP contribution in [0.2, 0.25) is 5.02 Å². The Labute approximate surface area is 260 Å². The summed E-state index contributed by atoms with van der Waals surface area (Å²) in [6.07, 6.45) is 1.23. The Kier molecular flexibility index (Phi) is 9.90. The number of hydrogen-bond acceptors (Lipinski definition) is 12. The minimum atomic E-state index is -3.93. The molecule has 0 unspecified atom stereocenters. The number of esters is 1. The van der Waals surface area contributed by atoms with Gasteiger partial charge in [-0.15, -0.1) is 0 Å². The SMILES string of the molecule is COC(=O)CCCC#Cc1cc(Cl)ccc1NS(=O)(=O)c1ccc2nc(N)oc2c1.Nc1nc2ccc(S(=O)(=O)Cl)cc2o1. The normalized spacial score (nSPS) is 11.3. The Bertz CT molecular complexity index is 2140.